The van der Waals surface area contributed by atoms with Gasteiger partial charge in [-0.15, -0.1) is 0 Å². The van der Waals surface area contributed by atoms with E-state index in [0.717, 1.165) is 0 Å². The van der Waals surface area contributed by atoms with Gasteiger partial charge in [0.25, 0.3) is 0 Å². The lowest BCUT2D eigenvalue weighted by Gasteiger charge is -2.08. The number of H-pyrrole nitrogens is 1. The third-order valence-electron chi connectivity index (χ3n) is 2.04. The quantitative estimate of drug-likeness (QED) is 0.813. The SMILES string of the molecule is OCc1n[nH]c(=S)n1-c1c(F)cccc1Cl. The molecule has 0 fully saturated rings. The van der Waals surface area contributed by atoms with Crippen molar-refractivity contribution in [3.8, 4) is 5.69 Å². The first-order valence-electron chi connectivity index (χ1n) is 4.36. The van der Waals surface area contributed by atoms with Crippen molar-refractivity contribution in [3.05, 3.63) is 39.6 Å². The van der Waals surface area contributed by atoms with Gasteiger partial charge in [0.05, 0.1) is 5.02 Å². The van der Waals surface area contributed by atoms with Crippen LogP contribution in [0.4, 0.5) is 4.39 Å². The predicted molar refractivity (Wildman–Crippen MR) is 59.6 cm³/mol. The third-order valence-corrected chi connectivity index (χ3v) is 2.62. The van der Waals surface area contributed by atoms with Gasteiger partial charge in [-0.3, -0.25) is 9.67 Å². The van der Waals surface area contributed by atoms with Gasteiger partial charge < -0.3 is 5.11 Å². The second-order valence-corrected chi connectivity index (χ2v) is 3.80. The summed E-state index contributed by atoms with van der Waals surface area (Å²) in [7, 11) is 0. The molecule has 0 aliphatic rings. The molecule has 0 bridgehead atoms. The summed E-state index contributed by atoms with van der Waals surface area (Å²) in [5.41, 5.74) is 0.0898. The Morgan fingerprint density at radius 3 is 2.94 bits per heavy atom. The molecule has 1 heterocycles. The van der Waals surface area contributed by atoms with Gasteiger partial charge in [0, 0.05) is 0 Å². The normalized spacial score (nSPS) is 10.7. The number of halogens is 2. The van der Waals surface area contributed by atoms with E-state index >= 15 is 0 Å². The molecule has 7 heteroatoms. The van der Waals surface area contributed by atoms with Crippen LogP contribution in [0.25, 0.3) is 5.69 Å². The average Bonchev–Trinajstić information content (AvgIpc) is 2.60. The Kier molecular flexibility index (Phi) is 3.04. The summed E-state index contributed by atoms with van der Waals surface area (Å²) in [4.78, 5) is 0. The monoisotopic (exact) mass is 259 g/mol. The van der Waals surface area contributed by atoms with Crippen molar-refractivity contribution in [2.75, 3.05) is 0 Å². The first kappa shape index (κ1) is 11.3. The van der Waals surface area contributed by atoms with Crippen molar-refractivity contribution < 1.29 is 9.50 Å². The molecule has 2 aromatic rings. The zero-order chi connectivity index (χ0) is 11.7. The summed E-state index contributed by atoms with van der Waals surface area (Å²) in [5.74, 6) is -0.322. The number of para-hydroxylation sites is 1. The fourth-order valence-electron chi connectivity index (χ4n) is 1.37. The van der Waals surface area contributed by atoms with E-state index in [1.807, 2.05) is 0 Å². The van der Waals surface area contributed by atoms with Crippen LogP contribution in [0.1, 0.15) is 5.82 Å². The number of rotatable bonds is 2. The number of hydrogen-bond donors (Lipinski definition) is 2. The van der Waals surface area contributed by atoms with Crippen LogP contribution in [0.2, 0.25) is 5.02 Å². The third kappa shape index (κ3) is 1.75. The summed E-state index contributed by atoms with van der Waals surface area (Å²) in [6, 6.07) is 4.29. The number of benzene rings is 1. The Hall–Kier alpha value is -1.24. The highest BCUT2D eigenvalue weighted by molar-refractivity contribution is 7.71. The fraction of sp³-hybridized carbons (Fsp3) is 0.111. The molecular formula is C9H7ClFN3OS. The van der Waals surface area contributed by atoms with Crippen molar-refractivity contribution in [1.29, 1.82) is 0 Å². The molecule has 84 valence electrons. The summed E-state index contributed by atoms with van der Waals surface area (Å²) in [5, 5.41) is 15.5. The van der Waals surface area contributed by atoms with E-state index in [-0.39, 0.29) is 27.9 Å². The first-order valence-corrected chi connectivity index (χ1v) is 5.15. The molecule has 0 radical (unpaired) electrons. The van der Waals surface area contributed by atoms with Crippen molar-refractivity contribution in [1.82, 2.24) is 14.8 Å². The largest absolute Gasteiger partial charge is 0.388 e. The Labute approximate surface area is 100 Å². The van der Waals surface area contributed by atoms with E-state index in [1.165, 1.54) is 22.8 Å². The van der Waals surface area contributed by atoms with Crippen LogP contribution in [-0.2, 0) is 6.61 Å². The highest BCUT2D eigenvalue weighted by Crippen LogP contribution is 2.24. The van der Waals surface area contributed by atoms with Crippen molar-refractivity contribution >= 4 is 23.8 Å². The molecule has 0 aliphatic carbocycles. The van der Waals surface area contributed by atoms with Gasteiger partial charge in [0.15, 0.2) is 10.6 Å². The molecule has 0 unspecified atom stereocenters. The number of aromatic nitrogens is 3. The predicted octanol–water partition coefficient (Wildman–Crippen LogP) is 2.21. The molecule has 0 saturated heterocycles. The minimum atomic E-state index is -0.528. The Morgan fingerprint density at radius 2 is 2.31 bits per heavy atom. The van der Waals surface area contributed by atoms with E-state index in [4.69, 9.17) is 28.9 Å². The highest BCUT2D eigenvalue weighted by atomic mass is 35.5. The van der Waals surface area contributed by atoms with Gasteiger partial charge in [-0.2, -0.15) is 5.10 Å². The lowest BCUT2D eigenvalue weighted by atomic mass is 10.3. The molecular weight excluding hydrogens is 253 g/mol. The minimum Gasteiger partial charge on any atom is -0.388 e. The number of nitrogens with one attached hydrogen (secondary N) is 1. The van der Waals surface area contributed by atoms with Crippen molar-refractivity contribution in [2.45, 2.75) is 6.61 Å². The standard InChI is InChI=1S/C9H7ClFN3OS/c10-5-2-1-3-6(11)8(5)14-7(4-15)12-13-9(14)16/h1-3,15H,4H2,(H,13,16). The highest BCUT2D eigenvalue weighted by Gasteiger charge is 2.14. The van der Waals surface area contributed by atoms with E-state index in [2.05, 4.69) is 10.2 Å². The number of nitrogens with zero attached hydrogens (tertiary/aromatic N) is 2. The lowest BCUT2D eigenvalue weighted by Crippen LogP contribution is -2.04. The van der Waals surface area contributed by atoms with E-state index in [9.17, 15) is 4.39 Å². The Bertz CT molecular complexity index is 560. The molecule has 0 aliphatic heterocycles. The summed E-state index contributed by atoms with van der Waals surface area (Å²) >= 11 is 10.8. The van der Waals surface area contributed by atoms with Crippen LogP contribution >= 0.6 is 23.8 Å². The van der Waals surface area contributed by atoms with Crippen LogP contribution in [0, 0.1) is 10.6 Å². The molecule has 0 atom stereocenters. The maximum absolute atomic E-state index is 13.6. The van der Waals surface area contributed by atoms with E-state index in [0.29, 0.717) is 0 Å². The molecule has 1 aromatic heterocycles. The van der Waals surface area contributed by atoms with Gasteiger partial charge in [0.2, 0.25) is 0 Å². The summed E-state index contributed by atoms with van der Waals surface area (Å²) < 4.78 is 15.1. The van der Waals surface area contributed by atoms with Crippen LogP contribution in [-0.4, -0.2) is 19.9 Å². The summed E-state index contributed by atoms with van der Waals surface area (Å²) in [6.45, 7) is -0.363. The van der Waals surface area contributed by atoms with Crippen LogP contribution in [0.15, 0.2) is 18.2 Å². The smallest absolute Gasteiger partial charge is 0.200 e. The topological polar surface area (TPSA) is 53.8 Å². The van der Waals surface area contributed by atoms with Gasteiger partial charge in [-0.1, -0.05) is 17.7 Å². The Balaban J connectivity index is 2.76. The second-order valence-electron chi connectivity index (χ2n) is 3.01. The second kappa shape index (κ2) is 4.32. The molecule has 1 aromatic carbocycles. The molecule has 0 spiro atoms. The number of aliphatic hydroxyl groups is 1. The molecule has 16 heavy (non-hydrogen) atoms. The number of aromatic amines is 1. The van der Waals surface area contributed by atoms with Gasteiger partial charge in [0.1, 0.15) is 18.1 Å². The van der Waals surface area contributed by atoms with Crippen LogP contribution in [0.5, 0.6) is 0 Å². The van der Waals surface area contributed by atoms with Gasteiger partial charge >= 0.3 is 0 Å². The fourth-order valence-corrected chi connectivity index (χ4v) is 1.86. The number of hydrogen-bond acceptors (Lipinski definition) is 3. The van der Waals surface area contributed by atoms with Crippen molar-refractivity contribution in [3.63, 3.8) is 0 Å². The first-order chi connectivity index (χ1) is 7.65. The molecule has 2 rings (SSSR count). The number of aliphatic hydroxyl groups excluding tert-OH is 1. The van der Waals surface area contributed by atoms with Crippen LogP contribution in [0.3, 0.4) is 0 Å². The van der Waals surface area contributed by atoms with E-state index < -0.39 is 5.82 Å². The maximum atomic E-state index is 13.6. The average molecular weight is 260 g/mol. The van der Waals surface area contributed by atoms with Crippen molar-refractivity contribution in [2.24, 2.45) is 0 Å². The van der Waals surface area contributed by atoms with Gasteiger partial charge in [-0.05, 0) is 24.4 Å². The summed E-state index contributed by atoms with van der Waals surface area (Å²) in [6.07, 6.45) is 0. The zero-order valence-electron chi connectivity index (χ0n) is 7.94. The minimum absolute atomic E-state index is 0.0898. The molecule has 0 amide bonds. The van der Waals surface area contributed by atoms with Gasteiger partial charge in [-0.25, -0.2) is 4.39 Å². The van der Waals surface area contributed by atoms with E-state index in [1.54, 1.807) is 0 Å². The molecule has 0 saturated carbocycles. The lowest BCUT2D eigenvalue weighted by molar-refractivity contribution is 0.268. The zero-order valence-corrected chi connectivity index (χ0v) is 9.52. The maximum Gasteiger partial charge on any atom is 0.200 e. The molecule has 2 N–H and O–H groups in total. The molecule has 4 nitrogen and oxygen atoms in total. The van der Waals surface area contributed by atoms with Crippen LogP contribution < -0.4 is 0 Å². The Morgan fingerprint density at radius 1 is 1.56 bits per heavy atom.